The molecule has 6 nitrogen and oxygen atoms in total. The number of benzene rings is 2. The van der Waals surface area contributed by atoms with Crippen LogP contribution in [0, 0.1) is 0 Å². The van der Waals surface area contributed by atoms with E-state index in [1.807, 2.05) is 31.2 Å². The molecule has 0 aromatic heterocycles. The molecule has 0 radical (unpaired) electrons. The molecule has 0 spiro atoms. The van der Waals surface area contributed by atoms with Gasteiger partial charge in [-0.25, -0.2) is 0 Å². The SMILES string of the molecule is COc1ccc(S[C@@H](C)C(=O)Nc2ccccc2C(=O)NC[C@H]2CCCO2)cc1. The van der Waals surface area contributed by atoms with Crippen LogP contribution in [0.25, 0.3) is 0 Å². The number of amides is 2. The second-order valence-electron chi connectivity index (χ2n) is 6.82. The molecule has 0 bridgehead atoms. The van der Waals surface area contributed by atoms with E-state index in [0.29, 0.717) is 17.8 Å². The van der Waals surface area contributed by atoms with Gasteiger partial charge in [0.25, 0.3) is 5.91 Å². The predicted octanol–water partition coefficient (Wildman–Crippen LogP) is 3.72. The molecule has 2 atom stereocenters. The van der Waals surface area contributed by atoms with E-state index in [0.717, 1.165) is 30.1 Å². The molecule has 3 rings (SSSR count). The first kappa shape index (κ1) is 21.2. The molecule has 7 heteroatoms. The zero-order valence-corrected chi connectivity index (χ0v) is 17.5. The molecule has 0 unspecified atom stereocenters. The van der Waals surface area contributed by atoms with Gasteiger partial charge in [-0.3, -0.25) is 9.59 Å². The Balaban J connectivity index is 1.59. The molecule has 0 saturated carbocycles. The molecule has 1 saturated heterocycles. The van der Waals surface area contributed by atoms with Gasteiger partial charge in [-0.1, -0.05) is 12.1 Å². The van der Waals surface area contributed by atoms with Crippen molar-refractivity contribution in [1.82, 2.24) is 5.32 Å². The first-order chi connectivity index (χ1) is 14.1. The second kappa shape index (κ2) is 10.3. The van der Waals surface area contributed by atoms with Gasteiger partial charge in [0, 0.05) is 18.0 Å². The lowest BCUT2D eigenvalue weighted by atomic mass is 10.1. The first-order valence-electron chi connectivity index (χ1n) is 9.67. The van der Waals surface area contributed by atoms with E-state index in [4.69, 9.17) is 9.47 Å². The summed E-state index contributed by atoms with van der Waals surface area (Å²) >= 11 is 1.45. The van der Waals surface area contributed by atoms with Crippen molar-refractivity contribution in [2.24, 2.45) is 0 Å². The lowest BCUT2D eigenvalue weighted by Crippen LogP contribution is -2.32. The molecule has 0 aliphatic carbocycles. The Morgan fingerprint density at radius 2 is 1.97 bits per heavy atom. The third-order valence-corrected chi connectivity index (χ3v) is 5.80. The van der Waals surface area contributed by atoms with Gasteiger partial charge in [0.15, 0.2) is 0 Å². The molecule has 29 heavy (non-hydrogen) atoms. The summed E-state index contributed by atoms with van der Waals surface area (Å²) in [6, 6.07) is 14.6. The molecule has 154 valence electrons. The number of nitrogens with one attached hydrogen (secondary N) is 2. The topological polar surface area (TPSA) is 76.7 Å². The van der Waals surface area contributed by atoms with Crippen molar-refractivity contribution in [2.75, 3.05) is 25.6 Å². The van der Waals surface area contributed by atoms with Crippen LogP contribution in [0.3, 0.4) is 0 Å². The molecular formula is C22H26N2O4S. The summed E-state index contributed by atoms with van der Waals surface area (Å²) in [7, 11) is 1.62. The number of anilines is 1. The van der Waals surface area contributed by atoms with Crippen molar-refractivity contribution < 1.29 is 19.1 Å². The Morgan fingerprint density at radius 1 is 1.21 bits per heavy atom. The maximum absolute atomic E-state index is 12.7. The Labute approximate surface area is 175 Å². The third kappa shape index (κ3) is 5.98. The van der Waals surface area contributed by atoms with Gasteiger partial charge < -0.3 is 20.1 Å². The lowest BCUT2D eigenvalue weighted by molar-refractivity contribution is -0.115. The Kier molecular flexibility index (Phi) is 7.55. The minimum atomic E-state index is -0.327. The molecule has 2 aromatic rings. The average Bonchev–Trinajstić information content (AvgIpc) is 3.26. The molecule has 1 aliphatic heterocycles. The van der Waals surface area contributed by atoms with Crippen molar-refractivity contribution in [3.05, 3.63) is 54.1 Å². The standard InChI is InChI=1S/C22H26N2O4S/c1-15(29-18-11-9-16(27-2)10-12-18)21(25)24-20-8-4-3-7-19(20)22(26)23-14-17-6-5-13-28-17/h3-4,7-12,15,17H,5-6,13-14H2,1-2H3,(H,23,26)(H,24,25)/t15-,17+/m0/s1. The molecular weight excluding hydrogens is 388 g/mol. The molecule has 1 heterocycles. The van der Waals surface area contributed by atoms with Crippen molar-refractivity contribution in [2.45, 2.75) is 36.0 Å². The zero-order chi connectivity index (χ0) is 20.6. The summed E-state index contributed by atoms with van der Waals surface area (Å²) in [5.41, 5.74) is 0.949. The maximum atomic E-state index is 12.7. The first-order valence-corrected chi connectivity index (χ1v) is 10.5. The third-order valence-electron chi connectivity index (χ3n) is 4.69. The number of ether oxygens (including phenoxy) is 2. The molecule has 2 amide bonds. The number of hydrogen-bond donors (Lipinski definition) is 2. The number of methoxy groups -OCH3 is 1. The Hall–Kier alpha value is -2.51. The number of carbonyl (C=O) groups is 2. The zero-order valence-electron chi connectivity index (χ0n) is 16.6. The van der Waals surface area contributed by atoms with Crippen molar-refractivity contribution in [3.63, 3.8) is 0 Å². The van der Waals surface area contributed by atoms with E-state index in [1.165, 1.54) is 11.8 Å². The largest absolute Gasteiger partial charge is 0.497 e. The van der Waals surface area contributed by atoms with E-state index in [-0.39, 0.29) is 23.2 Å². The number of thioether (sulfide) groups is 1. The summed E-state index contributed by atoms with van der Waals surface area (Å²) < 4.78 is 10.7. The van der Waals surface area contributed by atoms with Crippen LogP contribution >= 0.6 is 11.8 Å². The van der Waals surface area contributed by atoms with Gasteiger partial charge in [-0.2, -0.15) is 0 Å². The van der Waals surface area contributed by atoms with E-state index in [1.54, 1.807) is 31.4 Å². The quantitative estimate of drug-likeness (QED) is 0.644. The second-order valence-corrected chi connectivity index (χ2v) is 8.23. The smallest absolute Gasteiger partial charge is 0.253 e. The summed E-state index contributed by atoms with van der Waals surface area (Å²) in [6.45, 7) is 3.06. The number of carbonyl (C=O) groups excluding carboxylic acids is 2. The van der Waals surface area contributed by atoms with E-state index < -0.39 is 0 Å². The van der Waals surface area contributed by atoms with Crippen LogP contribution in [-0.4, -0.2) is 43.4 Å². The van der Waals surface area contributed by atoms with Crippen LogP contribution in [0.4, 0.5) is 5.69 Å². The van der Waals surface area contributed by atoms with Gasteiger partial charge in [0.1, 0.15) is 5.75 Å². The van der Waals surface area contributed by atoms with Crippen LogP contribution in [0.2, 0.25) is 0 Å². The summed E-state index contributed by atoms with van der Waals surface area (Å²) in [6.07, 6.45) is 2.05. The monoisotopic (exact) mass is 414 g/mol. The normalized spacial score (nSPS) is 16.8. The lowest BCUT2D eigenvalue weighted by Gasteiger charge is -2.16. The van der Waals surface area contributed by atoms with Crippen molar-refractivity contribution in [3.8, 4) is 5.75 Å². The van der Waals surface area contributed by atoms with Crippen LogP contribution < -0.4 is 15.4 Å². The Morgan fingerprint density at radius 3 is 2.66 bits per heavy atom. The van der Waals surface area contributed by atoms with Crippen LogP contribution in [0.1, 0.15) is 30.1 Å². The summed E-state index contributed by atoms with van der Waals surface area (Å²) in [4.78, 5) is 26.2. The highest BCUT2D eigenvalue weighted by molar-refractivity contribution is 8.00. The van der Waals surface area contributed by atoms with Crippen molar-refractivity contribution >= 4 is 29.3 Å². The average molecular weight is 415 g/mol. The highest BCUT2D eigenvalue weighted by Crippen LogP contribution is 2.26. The highest BCUT2D eigenvalue weighted by atomic mass is 32.2. The molecule has 1 aliphatic rings. The van der Waals surface area contributed by atoms with Gasteiger partial charge in [-0.05, 0) is 56.2 Å². The van der Waals surface area contributed by atoms with Crippen molar-refractivity contribution in [1.29, 1.82) is 0 Å². The fraction of sp³-hybridized carbons (Fsp3) is 0.364. The van der Waals surface area contributed by atoms with Gasteiger partial charge in [0.2, 0.25) is 5.91 Å². The van der Waals surface area contributed by atoms with Crippen LogP contribution in [0.15, 0.2) is 53.4 Å². The number of para-hydroxylation sites is 1. The van der Waals surface area contributed by atoms with Crippen LogP contribution in [-0.2, 0) is 9.53 Å². The number of hydrogen-bond acceptors (Lipinski definition) is 5. The van der Waals surface area contributed by atoms with E-state index in [2.05, 4.69) is 10.6 Å². The minimum Gasteiger partial charge on any atom is -0.497 e. The maximum Gasteiger partial charge on any atom is 0.253 e. The highest BCUT2D eigenvalue weighted by Gasteiger charge is 2.20. The fourth-order valence-corrected chi connectivity index (χ4v) is 3.91. The number of rotatable bonds is 8. The summed E-state index contributed by atoms with van der Waals surface area (Å²) in [5.74, 6) is 0.395. The van der Waals surface area contributed by atoms with Crippen LogP contribution in [0.5, 0.6) is 5.75 Å². The summed E-state index contributed by atoms with van der Waals surface area (Å²) in [5, 5.41) is 5.46. The minimum absolute atomic E-state index is 0.0709. The Bertz CT molecular complexity index is 835. The van der Waals surface area contributed by atoms with Gasteiger partial charge >= 0.3 is 0 Å². The molecule has 1 fully saturated rings. The fourth-order valence-electron chi connectivity index (χ4n) is 3.04. The van der Waals surface area contributed by atoms with Gasteiger partial charge in [0.05, 0.1) is 29.7 Å². The predicted molar refractivity (Wildman–Crippen MR) is 115 cm³/mol. The van der Waals surface area contributed by atoms with Gasteiger partial charge in [-0.15, -0.1) is 11.8 Å². The molecule has 2 N–H and O–H groups in total. The van der Waals surface area contributed by atoms with E-state index >= 15 is 0 Å². The molecule has 2 aromatic carbocycles. The van der Waals surface area contributed by atoms with E-state index in [9.17, 15) is 9.59 Å².